The maximum Gasteiger partial charge on any atom is 0.0964 e. The number of nitrogens with one attached hydrogen (secondary N) is 1. The van der Waals surface area contributed by atoms with E-state index in [0.29, 0.717) is 6.54 Å². The van der Waals surface area contributed by atoms with Crippen LogP contribution in [0, 0.1) is 5.92 Å². The Balaban J connectivity index is 1.59. The zero-order valence-corrected chi connectivity index (χ0v) is 11.0. The van der Waals surface area contributed by atoms with E-state index in [9.17, 15) is 0 Å². The average molecular weight is 252 g/mol. The summed E-state index contributed by atoms with van der Waals surface area (Å²) in [7, 11) is 0. The molecular formula is C13H24N4O. The van der Waals surface area contributed by atoms with E-state index in [1.807, 2.05) is 6.20 Å². The van der Waals surface area contributed by atoms with Crippen LogP contribution in [0.4, 0.5) is 0 Å². The van der Waals surface area contributed by atoms with Crippen LogP contribution in [-0.4, -0.2) is 33.3 Å². The molecule has 18 heavy (non-hydrogen) atoms. The molecule has 1 aromatic heterocycles. The summed E-state index contributed by atoms with van der Waals surface area (Å²) in [4.78, 5) is 0. The largest absolute Gasteiger partial charge is 0.394 e. The van der Waals surface area contributed by atoms with Gasteiger partial charge in [0.25, 0.3) is 0 Å². The Morgan fingerprint density at radius 3 is 2.94 bits per heavy atom. The van der Waals surface area contributed by atoms with Gasteiger partial charge in [0.2, 0.25) is 0 Å². The minimum atomic E-state index is 0.109. The second-order valence-electron chi connectivity index (χ2n) is 5.17. The van der Waals surface area contributed by atoms with Crippen LogP contribution in [0.5, 0.6) is 0 Å². The molecule has 0 radical (unpaired) electrons. The Bertz CT molecular complexity index is 333. The molecule has 0 aromatic carbocycles. The SMILES string of the molecule is OCCn1cc(CNCCC2CCCCC2)nn1. The number of aromatic nitrogens is 3. The molecule has 5 nitrogen and oxygen atoms in total. The van der Waals surface area contributed by atoms with Gasteiger partial charge in [0.05, 0.1) is 18.8 Å². The van der Waals surface area contributed by atoms with Crippen LogP contribution in [0.2, 0.25) is 0 Å². The summed E-state index contributed by atoms with van der Waals surface area (Å²) < 4.78 is 1.68. The second kappa shape index (κ2) is 7.48. The van der Waals surface area contributed by atoms with E-state index in [0.717, 1.165) is 24.7 Å². The molecular weight excluding hydrogens is 228 g/mol. The van der Waals surface area contributed by atoms with Gasteiger partial charge in [-0.2, -0.15) is 0 Å². The lowest BCUT2D eigenvalue weighted by Crippen LogP contribution is -2.19. The molecule has 2 N–H and O–H groups in total. The second-order valence-corrected chi connectivity index (χ2v) is 5.17. The van der Waals surface area contributed by atoms with Crippen molar-refractivity contribution in [2.24, 2.45) is 5.92 Å². The number of hydrogen-bond donors (Lipinski definition) is 2. The van der Waals surface area contributed by atoms with Gasteiger partial charge in [-0.3, -0.25) is 0 Å². The first-order valence-corrected chi connectivity index (χ1v) is 7.09. The molecule has 0 amide bonds. The molecule has 1 heterocycles. The van der Waals surface area contributed by atoms with Crippen LogP contribution < -0.4 is 5.32 Å². The van der Waals surface area contributed by atoms with Gasteiger partial charge in [0.1, 0.15) is 0 Å². The van der Waals surface area contributed by atoms with Crippen LogP contribution in [0.15, 0.2) is 6.20 Å². The highest BCUT2D eigenvalue weighted by molar-refractivity contribution is 4.91. The Morgan fingerprint density at radius 2 is 2.17 bits per heavy atom. The molecule has 0 aliphatic heterocycles. The van der Waals surface area contributed by atoms with E-state index < -0.39 is 0 Å². The van der Waals surface area contributed by atoms with Crippen molar-refractivity contribution in [2.75, 3.05) is 13.2 Å². The number of aliphatic hydroxyl groups is 1. The van der Waals surface area contributed by atoms with Crippen molar-refractivity contribution in [3.8, 4) is 0 Å². The van der Waals surface area contributed by atoms with Crippen molar-refractivity contribution in [3.63, 3.8) is 0 Å². The molecule has 5 heteroatoms. The van der Waals surface area contributed by atoms with E-state index in [-0.39, 0.29) is 6.61 Å². The highest BCUT2D eigenvalue weighted by Crippen LogP contribution is 2.25. The van der Waals surface area contributed by atoms with Gasteiger partial charge in [0.15, 0.2) is 0 Å². The average Bonchev–Trinajstić information content (AvgIpc) is 2.84. The van der Waals surface area contributed by atoms with Crippen molar-refractivity contribution < 1.29 is 5.11 Å². The first-order valence-electron chi connectivity index (χ1n) is 7.09. The maximum atomic E-state index is 8.78. The van der Waals surface area contributed by atoms with Crippen LogP contribution in [0.1, 0.15) is 44.2 Å². The number of hydrogen-bond acceptors (Lipinski definition) is 4. The van der Waals surface area contributed by atoms with Gasteiger partial charge in [-0.25, -0.2) is 4.68 Å². The predicted molar refractivity (Wildman–Crippen MR) is 70.0 cm³/mol. The van der Waals surface area contributed by atoms with Crippen molar-refractivity contribution >= 4 is 0 Å². The van der Waals surface area contributed by atoms with Crippen LogP contribution in [0.3, 0.4) is 0 Å². The summed E-state index contributed by atoms with van der Waals surface area (Å²) >= 11 is 0. The summed E-state index contributed by atoms with van der Waals surface area (Å²) in [6.07, 6.45) is 10.3. The fourth-order valence-corrected chi connectivity index (χ4v) is 2.63. The van der Waals surface area contributed by atoms with E-state index in [2.05, 4.69) is 15.6 Å². The van der Waals surface area contributed by atoms with Gasteiger partial charge < -0.3 is 10.4 Å². The third kappa shape index (κ3) is 4.38. The van der Waals surface area contributed by atoms with Gasteiger partial charge in [-0.1, -0.05) is 37.3 Å². The minimum Gasteiger partial charge on any atom is -0.394 e. The summed E-state index contributed by atoms with van der Waals surface area (Å²) in [6.45, 7) is 2.47. The van der Waals surface area contributed by atoms with E-state index in [1.165, 1.54) is 38.5 Å². The first-order chi connectivity index (χ1) is 8.88. The molecule has 0 unspecified atom stereocenters. The lowest BCUT2D eigenvalue weighted by molar-refractivity contribution is 0.268. The number of aliphatic hydroxyl groups excluding tert-OH is 1. The lowest BCUT2D eigenvalue weighted by Gasteiger charge is -2.21. The smallest absolute Gasteiger partial charge is 0.0964 e. The fourth-order valence-electron chi connectivity index (χ4n) is 2.63. The van der Waals surface area contributed by atoms with Gasteiger partial charge >= 0.3 is 0 Å². The molecule has 2 rings (SSSR count). The molecule has 0 spiro atoms. The monoisotopic (exact) mass is 252 g/mol. The highest BCUT2D eigenvalue weighted by atomic mass is 16.3. The number of rotatable bonds is 7. The molecule has 1 aliphatic carbocycles. The first kappa shape index (κ1) is 13.5. The van der Waals surface area contributed by atoms with Crippen molar-refractivity contribution in [2.45, 2.75) is 51.6 Å². The Morgan fingerprint density at radius 1 is 1.33 bits per heavy atom. The number of nitrogens with zero attached hydrogens (tertiary/aromatic N) is 3. The van der Waals surface area contributed by atoms with Crippen molar-refractivity contribution in [1.29, 1.82) is 0 Å². The van der Waals surface area contributed by atoms with Gasteiger partial charge in [-0.05, 0) is 18.9 Å². The predicted octanol–water partition coefficient (Wildman–Crippen LogP) is 1.33. The molecule has 0 saturated heterocycles. The van der Waals surface area contributed by atoms with Crippen molar-refractivity contribution in [3.05, 3.63) is 11.9 Å². The fraction of sp³-hybridized carbons (Fsp3) is 0.846. The van der Waals surface area contributed by atoms with Crippen LogP contribution in [-0.2, 0) is 13.1 Å². The Hall–Kier alpha value is -0.940. The summed E-state index contributed by atoms with van der Waals surface area (Å²) in [5.74, 6) is 0.927. The molecule has 102 valence electrons. The third-order valence-electron chi connectivity index (χ3n) is 3.68. The molecule has 1 aliphatic rings. The maximum absolute atomic E-state index is 8.78. The van der Waals surface area contributed by atoms with Crippen LogP contribution in [0.25, 0.3) is 0 Å². The zero-order chi connectivity index (χ0) is 12.6. The molecule has 1 fully saturated rings. The summed E-state index contributed by atoms with van der Waals surface area (Å²) in [6, 6.07) is 0. The van der Waals surface area contributed by atoms with Crippen LogP contribution >= 0.6 is 0 Å². The highest BCUT2D eigenvalue weighted by Gasteiger charge is 2.12. The van der Waals surface area contributed by atoms with Gasteiger partial charge in [-0.15, -0.1) is 5.10 Å². The summed E-state index contributed by atoms with van der Waals surface area (Å²) in [5, 5.41) is 20.2. The van der Waals surface area contributed by atoms with E-state index in [4.69, 9.17) is 5.11 Å². The molecule has 0 bridgehead atoms. The van der Waals surface area contributed by atoms with E-state index in [1.54, 1.807) is 4.68 Å². The normalized spacial score (nSPS) is 17.2. The van der Waals surface area contributed by atoms with Gasteiger partial charge in [0, 0.05) is 12.7 Å². The molecule has 0 atom stereocenters. The minimum absolute atomic E-state index is 0.109. The van der Waals surface area contributed by atoms with E-state index >= 15 is 0 Å². The third-order valence-corrected chi connectivity index (χ3v) is 3.68. The standard InChI is InChI=1S/C13H24N4O/c18-9-8-17-11-13(15-16-17)10-14-7-6-12-4-2-1-3-5-12/h11-12,14,18H,1-10H2. The lowest BCUT2D eigenvalue weighted by atomic mass is 9.87. The van der Waals surface area contributed by atoms with Crippen molar-refractivity contribution in [1.82, 2.24) is 20.3 Å². The zero-order valence-electron chi connectivity index (χ0n) is 11.0. The molecule has 1 aromatic rings. The topological polar surface area (TPSA) is 63.0 Å². The quantitative estimate of drug-likeness (QED) is 0.719. The summed E-state index contributed by atoms with van der Waals surface area (Å²) in [5.41, 5.74) is 0.951. The molecule has 1 saturated carbocycles. The Labute approximate surface area is 109 Å². The Kier molecular flexibility index (Phi) is 5.61.